The Hall–Kier alpha value is -0.000000000000000111. The molecule has 0 aromatic heterocycles. The third kappa shape index (κ3) is 3.52. The first-order valence-corrected chi connectivity index (χ1v) is 7.91. The van der Waals surface area contributed by atoms with Crippen molar-refractivity contribution in [2.45, 2.75) is 32.1 Å². The zero-order valence-corrected chi connectivity index (χ0v) is 13.3. The molecular formula is C14H19ClINO. The molecule has 0 spiro atoms. The number of rotatable bonds is 4. The van der Waals surface area contributed by atoms with E-state index in [0.717, 1.165) is 33.7 Å². The quantitative estimate of drug-likeness (QED) is 0.765. The number of nitrogens with one attached hydrogen (secondary N) is 1. The van der Waals surface area contributed by atoms with Crippen LogP contribution < -0.4 is 5.32 Å². The van der Waals surface area contributed by atoms with Crippen molar-refractivity contribution in [2.24, 2.45) is 5.41 Å². The lowest BCUT2D eigenvalue weighted by molar-refractivity contribution is 0.0944. The average molecular weight is 380 g/mol. The normalized spacial score (nSPS) is 18.6. The second-order valence-electron chi connectivity index (χ2n) is 5.20. The van der Waals surface area contributed by atoms with Gasteiger partial charge in [-0.2, -0.15) is 0 Å². The number of aliphatic hydroxyl groups is 1. The maximum Gasteiger partial charge on any atom is 0.0504 e. The minimum absolute atomic E-state index is 0.0704. The highest BCUT2D eigenvalue weighted by atomic mass is 127. The van der Waals surface area contributed by atoms with Gasteiger partial charge in [0.15, 0.2) is 0 Å². The van der Waals surface area contributed by atoms with Crippen molar-refractivity contribution in [2.75, 3.05) is 18.5 Å². The van der Waals surface area contributed by atoms with Crippen LogP contribution in [-0.4, -0.2) is 18.3 Å². The fourth-order valence-electron chi connectivity index (χ4n) is 2.61. The number of anilines is 1. The summed E-state index contributed by atoms with van der Waals surface area (Å²) in [5.74, 6) is 0. The van der Waals surface area contributed by atoms with Crippen LogP contribution in [0.25, 0.3) is 0 Å². The van der Waals surface area contributed by atoms with E-state index in [0.29, 0.717) is 0 Å². The molecule has 0 atom stereocenters. The molecule has 4 heteroatoms. The lowest BCUT2D eigenvalue weighted by atomic mass is 9.74. The zero-order chi connectivity index (χ0) is 13.0. The molecule has 1 aromatic rings. The van der Waals surface area contributed by atoms with Gasteiger partial charge in [-0.05, 0) is 53.6 Å². The van der Waals surface area contributed by atoms with Gasteiger partial charge in [-0.25, -0.2) is 0 Å². The van der Waals surface area contributed by atoms with E-state index in [1.165, 1.54) is 19.3 Å². The van der Waals surface area contributed by atoms with Crippen LogP contribution in [0, 0.1) is 8.99 Å². The highest BCUT2D eigenvalue weighted by Crippen LogP contribution is 2.36. The molecule has 0 unspecified atom stereocenters. The standard InChI is InChI=1S/C14H19ClINO/c15-11-4-5-13(12(16)8-11)17-9-14(10-18)6-2-1-3-7-14/h4-5,8,17-18H,1-3,6-7,9-10H2. The maximum absolute atomic E-state index is 9.67. The predicted molar refractivity (Wildman–Crippen MR) is 85.3 cm³/mol. The fraction of sp³-hybridized carbons (Fsp3) is 0.571. The van der Waals surface area contributed by atoms with Crippen LogP contribution in [0.2, 0.25) is 5.02 Å². The van der Waals surface area contributed by atoms with E-state index >= 15 is 0 Å². The van der Waals surface area contributed by atoms with Crippen LogP contribution in [0.5, 0.6) is 0 Å². The summed E-state index contributed by atoms with van der Waals surface area (Å²) in [4.78, 5) is 0. The van der Waals surface area contributed by atoms with Crippen LogP contribution in [0.1, 0.15) is 32.1 Å². The van der Waals surface area contributed by atoms with Crippen molar-refractivity contribution in [3.8, 4) is 0 Å². The van der Waals surface area contributed by atoms with Gasteiger partial charge in [-0.1, -0.05) is 30.9 Å². The van der Waals surface area contributed by atoms with Crippen molar-refractivity contribution < 1.29 is 5.11 Å². The summed E-state index contributed by atoms with van der Waals surface area (Å²) in [6, 6.07) is 5.87. The molecule has 1 aliphatic carbocycles. The van der Waals surface area contributed by atoms with Crippen LogP contribution in [0.15, 0.2) is 18.2 Å². The van der Waals surface area contributed by atoms with Gasteiger partial charge in [0.1, 0.15) is 0 Å². The zero-order valence-electron chi connectivity index (χ0n) is 10.4. The first-order valence-electron chi connectivity index (χ1n) is 6.45. The maximum atomic E-state index is 9.67. The van der Waals surface area contributed by atoms with Crippen molar-refractivity contribution in [3.63, 3.8) is 0 Å². The van der Waals surface area contributed by atoms with Gasteiger partial charge in [0.05, 0.1) is 6.61 Å². The van der Waals surface area contributed by atoms with Crippen molar-refractivity contribution >= 4 is 39.9 Å². The Kier molecular flexibility index (Phi) is 5.15. The number of aliphatic hydroxyl groups excluding tert-OH is 1. The largest absolute Gasteiger partial charge is 0.396 e. The smallest absolute Gasteiger partial charge is 0.0504 e. The number of halogens is 2. The van der Waals surface area contributed by atoms with Crippen molar-refractivity contribution in [3.05, 3.63) is 26.8 Å². The number of hydrogen-bond donors (Lipinski definition) is 2. The fourth-order valence-corrected chi connectivity index (χ4v) is 3.67. The molecule has 1 aliphatic rings. The van der Waals surface area contributed by atoms with Crippen LogP contribution in [0.3, 0.4) is 0 Å². The van der Waals surface area contributed by atoms with Gasteiger partial charge < -0.3 is 10.4 Å². The Bertz CT molecular complexity index is 405. The molecule has 100 valence electrons. The second kappa shape index (κ2) is 6.44. The van der Waals surface area contributed by atoms with Crippen molar-refractivity contribution in [1.29, 1.82) is 0 Å². The number of benzene rings is 1. The van der Waals surface area contributed by atoms with Crippen LogP contribution in [-0.2, 0) is 0 Å². The Morgan fingerprint density at radius 2 is 2.00 bits per heavy atom. The van der Waals surface area contributed by atoms with Gasteiger partial charge in [0.25, 0.3) is 0 Å². The van der Waals surface area contributed by atoms with E-state index in [-0.39, 0.29) is 12.0 Å². The summed E-state index contributed by atoms with van der Waals surface area (Å²) < 4.78 is 1.13. The van der Waals surface area contributed by atoms with E-state index in [1.807, 2.05) is 18.2 Å². The predicted octanol–water partition coefficient (Wildman–Crippen LogP) is 4.30. The summed E-state index contributed by atoms with van der Waals surface area (Å²) in [6.45, 7) is 1.13. The molecule has 0 heterocycles. The molecule has 0 amide bonds. The highest BCUT2D eigenvalue weighted by molar-refractivity contribution is 14.1. The molecule has 0 aliphatic heterocycles. The summed E-state index contributed by atoms with van der Waals surface area (Å²) in [5.41, 5.74) is 1.18. The summed E-state index contributed by atoms with van der Waals surface area (Å²) in [6.07, 6.45) is 6.03. The average Bonchev–Trinajstić information content (AvgIpc) is 2.39. The summed E-state index contributed by atoms with van der Waals surface area (Å²) >= 11 is 8.24. The molecule has 1 fully saturated rings. The molecule has 2 rings (SSSR count). The first-order chi connectivity index (χ1) is 8.65. The lowest BCUT2D eigenvalue weighted by Gasteiger charge is -2.36. The van der Waals surface area contributed by atoms with Crippen molar-refractivity contribution in [1.82, 2.24) is 0 Å². The van der Waals surface area contributed by atoms with Gasteiger partial charge in [-0.3, -0.25) is 0 Å². The third-order valence-electron chi connectivity index (χ3n) is 3.83. The summed E-state index contributed by atoms with van der Waals surface area (Å²) in [7, 11) is 0. The molecule has 1 aromatic carbocycles. The van der Waals surface area contributed by atoms with E-state index in [2.05, 4.69) is 27.9 Å². The van der Waals surface area contributed by atoms with Gasteiger partial charge in [-0.15, -0.1) is 0 Å². The van der Waals surface area contributed by atoms with E-state index < -0.39 is 0 Å². The molecule has 18 heavy (non-hydrogen) atoms. The SMILES string of the molecule is OCC1(CNc2ccc(Cl)cc2I)CCCCC1. The van der Waals surface area contributed by atoms with E-state index in [4.69, 9.17) is 11.6 Å². The molecule has 0 saturated heterocycles. The van der Waals surface area contributed by atoms with E-state index in [9.17, 15) is 5.11 Å². The minimum Gasteiger partial charge on any atom is -0.396 e. The Labute approximate surface area is 127 Å². The monoisotopic (exact) mass is 379 g/mol. The highest BCUT2D eigenvalue weighted by Gasteiger charge is 2.31. The van der Waals surface area contributed by atoms with Gasteiger partial charge in [0.2, 0.25) is 0 Å². The first kappa shape index (κ1) is 14.4. The molecule has 0 bridgehead atoms. The summed E-state index contributed by atoms with van der Waals surface area (Å²) in [5, 5.41) is 13.9. The Morgan fingerprint density at radius 1 is 1.28 bits per heavy atom. The molecule has 1 saturated carbocycles. The van der Waals surface area contributed by atoms with Gasteiger partial charge in [0, 0.05) is 26.2 Å². The topological polar surface area (TPSA) is 32.3 Å². The Balaban J connectivity index is 2.01. The molecule has 2 nitrogen and oxygen atoms in total. The van der Waals surface area contributed by atoms with Gasteiger partial charge >= 0.3 is 0 Å². The van der Waals surface area contributed by atoms with E-state index in [1.54, 1.807) is 0 Å². The second-order valence-corrected chi connectivity index (χ2v) is 6.80. The van der Waals surface area contributed by atoms with Crippen LogP contribution >= 0.6 is 34.2 Å². The number of hydrogen-bond acceptors (Lipinski definition) is 2. The minimum atomic E-state index is 0.0704. The Morgan fingerprint density at radius 3 is 2.61 bits per heavy atom. The molecular weight excluding hydrogens is 361 g/mol. The molecule has 2 N–H and O–H groups in total. The third-order valence-corrected chi connectivity index (χ3v) is 4.96. The van der Waals surface area contributed by atoms with Crippen LogP contribution in [0.4, 0.5) is 5.69 Å². The lowest BCUT2D eigenvalue weighted by Crippen LogP contribution is -2.35. The molecule has 0 radical (unpaired) electrons.